The third-order valence-corrected chi connectivity index (χ3v) is 3.94. The summed E-state index contributed by atoms with van der Waals surface area (Å²) in [7, 11) is 0. The number of hydrogen-bond donors (Lipinski definition) is 1. The molecule has 88 valence electrons. The molecule has 1 aliphatic heterocycles. The molecule has 2 fully saturated rings. The summed E-state index contributed by atoms with van der Waals surface area (Å²) in [6.07, 6.45) is 2.93. The predicted octanol–water partition coefficient (Wildman–Crippen LogP) is 0.751. The van der Waals surface area contributed by atoms with Gasteiger partial charge in [-0.1, -0.05) is 0 Å². The second-order valence-corrected chi connectivity index (χ2v) is 5.75. The largest absolute Gasteiger partial charge is 0.329 e. The topological polar surface area (TPSA) is 32.5 Å². The highest BCUT2D eigenvalue weighted by Crippen LogP contribution is 2.30. The summed E-state index contributed by atoms with van der Waals surface area (Å²) in [6.45, 7) is 11.5. The molecule has 2 aliphatic rings. The van der Waals surface area contributed by atoms with Crippen molar-refractivity contribution in [3.05, 3.63) is 0 Å². The Hall–Kier alpha value is -0.120. The minimum absolute atomic E-state index is 0.186. The van der Waals surface area contributed by atoms with Gasteiger partial charge in [0.05, 0.1) is 0 Å². The van der Waals surface area contributed by atoms with Gasteiger partial charge in [-0.15, -0.1) is 0 Å². The van der Waals surface area contributed by atoms with Gasteiger partial charge < -0.3 is 10.6 Å². The van der Waals surface area contributed by atoms with Crippen molar-refractivity contribution in [2.24, 2.45) is 11.7 Å². The summed E-state index contributed by atoms with van der Waals surface area (Å²) in [4.78, 5) is 5.16. The lowest BCUT2D eigenvalue weighted by atomic mass is 10.0. The van der Waals surface area contributed by atoms with Crippen molar-refractivity contribution < 1.29 is 0 Å². The molecule has 0 aromatic rings. The number of nitrogens with two attached hydrogens (primary N) is 1. The molecule has 0 aromatic heterocycles. The summed E-state index contributed by atoms with van der Waals surface area (Å²) < 4.78 is 0. The van der Waals surface area contributed by atoms with Gasteiger partial charge >= 0.3 is 0 Å². The van der Waals surface area contributed by atoms with Gasteiger partial charge in [-0.3, -0.25) is 4.90 Å². The maximum Gasteiger partial charge on any atom is 0.0276 e. The average Bonchev–Trinajstić information content (AvgIpc) is 3.03. The van der Waals surface area contributed by atoms with Crippen LogP contribution in [0.15, 0.2) is 0 Å². The number of hydrogen-bond acceptors (Lipinski definition) is 3. The number of rotatable bonds is 4. The van der Waals surface area contributed by atoms with Crippen LogP contribution < -0.4 is 5.73 Å². The fourth-order valence-electron chi connectivity index (χ4n) is 2.33. The molecule has 0 bridgehead atoms. The minimum Gasteiger partial charge on any atom is -0.329 e. The van der Waals surface area contributed by atoms with E-state index in [1.54, 1.807) is 0 Å². The molecular weight excluding hydrogens is 186 g/mol. The summed E-state index contributed by atoms with van der Waals surface area (Å²) in [5.41, 5.74) is 5.99. The van der Waals surface area contributed by atoms with E-state index in [0.29, 0.717) is 0 Å². The van der Waals surface area contributed by atoms with Crippen molar-refractivity contribution in [3.63, 3.8) is 0 Å². The Morgan fingerprint density at radius 3 is 2.20 bits per heavy atom. The van der Waals surface area contributed by atoms with Crippen molar-refractivity contribution in [2.75, 3.05) is 39.3 Å². The Morgan fingerprint density at radius 2 is 1.73 bits per heavy atom. The van der Waals surface area contributed by atoms with Crippen LogP contribution >= 0.6 is 0 Å². The van der Waals surface area contributed by atoms with E-state index >= 15 is 0 Å². The van der Waals surface area contributed by atoms with E-state index in [0.717, 1.165) is 12.5 Å². The van der Waals surface area contributed by atoms with Gasteiger partial charge in [-0.25, -0.2) is 0 Å². The molecule has 0 amide bonds. The SMILES string of the molecule is CC(C)(CN)N1CCN(CC2CC2)CC1. The minimum atomic E-state index is 0.186. The molecule has 15 heavy (non-hydrogen) atoms. The third-order valence-electron chi connectivity index (χ3n) is 3.94. The Balaban J connectivity index is 1.75. The van der Waals surface area contributed by atoms with Crippen LogP contribution in [0.3, 0.4) is 0 Å². The Kier molecular flexibility index (Phi) is 3.33. The molecule has 3 nitrogen and oxygen atoms in total. The van der Waals surface area contributed by atoms with Crippen LogP contribution in [0.5, 0.6) is 0 Å². The van der Waals surface area contributed by atoms with Crippen LogP contribution in [0, 0.1) is 5.92 Å². The van der Waals surface area contributed by atoms with E-state index in [9.17, 15) is 0 Å². The van der Waals surface area contributed by atoms with Crippen molar-refractivity contribution in [2.45, 2.75) is 32.2 Å². The molecule has 2 N–H and O–H groups in total. The lowest BCUT2D eigenvalue weighted by Crippen LogP contribution is -2.57. The maximum absolute atomic E-state index is 5.81. The highest BCUT2D eigenvalue weighted by atomic mass is 15.3. The molecule has 3 heteroatoms. The predicted molar refractivity (Wildman–Crippen MR) is 63.9 cm³/mol. The highest BCUT2D eigenvalue weighted by Gasteiger charge is 2.30. The van der Waals surface area contributed by atoms with E-state index in [2.05, 4.69) is 23.6 Å². The smallest absolute Gasteiger partial charge is 0.0276 e. The van der Waals surface area contributed by atoms with Crippen LogP contribution in [0.4, 0.5) is 0 Å². The molecule has 1 heterocycles. The number of nitrogens with zero attached hydrogens (tertiary/aromatic N) is 2. The molecule has 0 unspecified atom stereocenters. The van der Waals surface area contributed by atoms with Gasteiger partial charge in [0, 0.05) is 44.8 Å². The van der Waals surface area contributed by atoms with E-state index < -0.39 is 0 Å². The van der Waals surface area contributed by atoms with Gasteiger partial charge in [-0.05, 0) is 32.6 Å². The Bertz CT molecular complexity index is 203. The zero-order valence-corrected chi connectivity index (χ0v) is 10.2. The van der Waals surface area contributed by atoms with Gasteiger partial charge in [-0.2, -0.15) is 0 Å². The van der Waals surface area contributed by atoms with Crippen LogP contribution in [-0.4, -0.2) is 54.6 Å². The molecule has 0 spiro atoms. The van der Waals surface area contributed by atoms with Crippen LogP contribution in [0.2, 0.25) is 0 Å². The van der Waals surface area contributed by atoms with Crippen LogP contribution in [0.25, 0.3) is 0 Å². The van der Waals surface area contributed by atoms with E-state index in [1.807, 2.05) is 0 Å². The van der Waals surface area contributed by atoms with E-state index in [4.69, 9.17) is 5.73 Å². The summed E-state index contributed by atoms with van der Waals surface area (Å²) in [6, 6.07) is 0. The van der Waals surface area contributed by atoms with Crippen molar-refractivity contribution >= 4 is 0 Å². The molecular formula is C12H25N3. The molecule has 0 radical (unpaired) electrons. The molecule has 1 saturated carbocycles. The first-order chi connectivity index (χ1) is 7.12. The lowest BCUT2D eigenvalue weighted by molar-refractivity contribution is 0.0550. The quantitative estimate of drug-likeness (QED) is 0.745. The Morgan fingerprint density at radius 1 is 1.13 bits per heavy atom. The molecule has 0 aromatic carbocycles. The molecule has 0 atom stereocenters. The monoisotopic (exact) mass is 211 g/mol. The second-order valence-electron chi connectivity index (χ2n) is 5.75. The van der Waals surface area contributed by atoms with Gasteiger partial charge in [0.2, 0.25) is 0 Å². The van der Waals surface area contributed by atoms with Crippen molar-refractivity contribution in [3.8, 4) is 0 Å². The summed E-state index contributed by atoms with van der Waals surface area (Å²) in [5, 5.41) is 0. The van der Waals surface area contributed by atoms with Crippen molar-refractivity contribution in [1.29, 1.82) is 0 Å². The van der Waals surface area contributed by atoms with E-state index in [1.165, 1.54) is 45.6 Å². The summed E-state index contributed by atoms with van der Waals surface area (Å²) in [5.74, 6) is 1.03. The first-order valence-electron chi connectivity index (χ1n) is 6.29. The molecule has 1 aliphatic carbocycles. The summed E-state index contributed by atoms with van der Waals surface area (Å²) >= 11 is 0. The standard InChI is InChI=1S/C12H25N3/c1-12(2,10-13)15-7-5-14(6-8-15)9-11-3-4-11/h11H,3-10,13H2,1-2H3. The fraction of sp³-hybridized carbons (Fsp3) is 1.00. The van der Waals surface area contributed by atoms with E-state index in [-0.39, 0.29) is 5.54 Å². The Labute approximate surface area is 93.6 Å². The highest BCUT2D eigenvalue weighted by molar-refractivity contribution is 4.87. The number of piperazine rings is 1. The maximum atomic E-state index is 5.81. The zero-order chi connectivity index (χ0) is 10.9. The van der Waals surface area contributed by atoms with Crippen LogP contribution in [0.1, 0.15) is 26.7 Å². The molecule has 1 saturated heterocycles. The van der Waals surface area contributed by atoms with Gasteiger partial charge in [0.1, 0.15) is 0 Å². The van der Waals surface area contributed by atoms with Gasteiger partial charge in [0.25, 0.3) is 0 Å². The second kappa shape index (κ2) is 4.40. The van der Waals surface area contributed by atoms with Crippen LogP contribution in [-0.2, 0) is 0 Å². The zero-order valence-electron chi connectivity index (χ0n) is 10.2. The lowest BCUT2D eigenvalue weighted by Gasteiger charge is -2.43. The first-order valence-corrected chi connectivity index (χ1v) is 6.29. The normalized spacial score (nSPS) is 25.8. The average molecular weight is 211 g/mol. The third kappa shape index (κ3) is 2.92. The molecule has 2 rings (SSSR count). The fourth-order valence-corrected chi connectivity index (χ4v) is 2.33. The first kappa shape index (κ1) is 11.4. The van der Waals surface area contributed by atoms with Gasteiger partial charge in [0.15, 0.2) is 0 Å². The van der Waals surface area contributed by atoms with Crippen molar-refractivity contribution in [1.82, 2.24) is 9.80 Å².